The first-order valence-electron chi connectivity index (χ1n) is 7.79. The number of benzene rings is 1. The lowest BCUT2D eigenvalue weighted by Crippen LogP contribution is -2.12. The van der Waals surface area contributed by atoms with Gasteiger partial charge >= 0.3 is 0 Å². The molecule has 0 aliphatic rings. The Kier molecular flexibility index (Phi) is 5.21. The van der Waals surface area contributed by atoms with Crippen LogP contribution in [0.5, 0.6) is 5.75 Å². The number of anilines is 2. The molecule has 0 spiro atoms. The largest absolute Gasteiger partial charge is 0.497 e. The second kappa shape index (κ2) is 7.92. The van der Waals surface area contributed by atoms with Crippen molar-refractivity contribution in [3.63, 3.8) is 0 Å². The lowest BCUT2D eigenvalue weighted by Gasteiger charge is -2.09. The number of methoxy groups -OCH3 is 1. The molecule has 0 bridgehead atoms. The molecule has 2 aromatic heterocycles. The minimum atomic E-state index is -0.223. The summed E-state index contributed by atoms with van der Waals surface area (Å²) in [5.74, 6) is 0.513. The van der Waals surface area contributed by atoms with Crippen LogP contribution in [-0.4, -0.2) is 23.0 Å². The third kappa shape index (κ3) is 4.54. The van der Waals surface area contributed by atoms with Gasteiger partial charge in [-0.1, -0.05) is 6.07 Å². The minimum absolute atomic E-state index is 0.223. The Morgan fingerprint density at radius 3 is 2.64 bits per heavy atom. The summed E-state index contributed by atoms with van der Waals surface area (Å²) in [6.45, 7) is 0.562. The average molecular weight is 334 g/mol. The zero-order valence-corrected chi connectivity index (χ0v) is 13.8. The van der Waals surface area contributed by atoms with E-state index in [1.807, 2.05) is 18.2 Å². The highest BCUT2D eigenvalue weighted by Crippen LogP contribution is 2.17. The van der Waals surface area contributed by atoms with E-state index in [4.69, 9.17) is 4.74 Å². The summed E-state index contributed by atoms with van der Waals surface area (Å²) in [4.78, 5) is 20.7. The topological polar surface area (TPSA) is 76.1 Å². The van der Waals surface area contributed by atoms with Crippen molar-refractivity contribution in [2.45, 2.75) is 6.54 Å². The van der Waals surface area contributed by atoms with Gasteiger partial charge in [0.05, 0.1) is 30.6 Å². The Hall–Kier alpha value is -3.41. The second-order valence-corrected chi connectivity index (χ2v) is 5.32. The van der Waals surface area contributed by atoms with Crippen LogP contribution in [-0.2, 0) is 6.54 Å². The SMILES string of the molecule is COc1ccc(NC(=O)c2cncc(NCc3ccccn3)c2)cc1. The van der Waals surface area contributed by atoms with Crippen LogP contribution in [0.4, 0.5) is 11.4 Å². The Morgan fingerprint density at radius 1 is 1.08 bits per heavy atom. The number of ether oxygens (including phenoxy) is 1. The van der Waals surface area contributed by atoms with Gasteiger partial charge in [-0.25, -0.2) is 0 Å². The molecule has 25 heavy (non-hydrogen) atoms. The van der Waals surface area contributed by atoms with E-state index in [0.29, 0.717) is 17.8 Å². The van der Waals surface area contributed by atoms with E-state index in [1.54, 1.807) is 49.8 Å². The molecule has 1 aromatic carbocycles. The van der Waals surface area contributed by atoms with Crippen LogP contribution in [0.2, 0.25) is 0 Å². The summed E-state index contributed by atoms with van der Waals surface area (Å²) in [5, 5.41) is 6.05. The number of aromatic nitrogens is 2. The van der Waals surface area contributed by atoms with Crippen LogP contribution in [0.25, 0.3) is 0 Å². The van der Waals surface area contributed by atoms with E-state index in [-0.39, 0.29) is 5.91 Å². The number of nitrogens with zero attached hydrogens (tertiary/aromatic N) is 2. The van der Waals surface area contributed by atoms with Crippen LogP contribution < -0.4 is 15.4 Å². The number of hydrogen-bond acceptors (Lipinski definition) is 5. The van der Waals surface area contributed by atoms with Crippen LogP contribution >= 0.6 is 0 Å². The third-order valence-electron chi connectivity index (χ3n) is 3.55. The van der Waals surface area contributed by atoms with Crippen LogP contribution in [0, 0.1) is 0 Å². The fourth-order valence-corrected chi connectivity index (χ4v) is 2.23. The van der Waals surface area contributed by atoms with Gasteiger partial charge in [0.25, 0.3) is 5.91 Å². The fourth-order valence-electron chi connectivity index (χ4n) is 2.23. The van der Waals surface area contributed by atoms with Crippen molar-refractivity contribution in [3.8, 4) is 5.75 Å². The summed E-state index contributed by atoms with van der Waals surface area (Å²) in [6.07, 6.45) is 4.95. The minimum Gasteiger partial charge on any atom is -0.497 e. The molecule has 0 atom stereocenters. The van der Waals surface area contributed by atoms with E-state index in [2.05, 4.69) is 20.6 Å². The van der Waals surface area contributed by atoms with Crippen molar-refractivity contribution in [1.29, 1.82) is 0 Å². The summed E-state index contributed by atoms with van der Waals surface area (Å²) < 4.78 is 5.10. The average Bonchev–Trinajstić information content (AvgIpc) is 2.68. The zero-order valence-electron chi connectivity index (χ0n) is 13.8. The van der Waals surface area contributed by atoms with Crippen molar-refractivity contribution < 1.29 is 9.53 Å². The molecule has 3 rings (SSSR count). The standard InChI is InChI=1S/C19H18N4O2/c1-25-18-7-5-15(6-8-18)23-19(24)14-10-17(12-20-11-14)22-13-16-4-2-3-9-21-16/h2-12,22H,13H2,1H3,(H,23,24). The number of hydrogen-bond donors (Lipinski definition) is 2. The van der Waals surface area contributed by atoms with Gasteiger partial charge < -0.3 is 15.4 Å². The van der Waals surface area contributed by atoms with Gasteiger partial charge in [-0.05, 0) is 42.5 Å². The van der Waals surface area contributed by atoms with Crippen molar-refractivity contribution >= 4 is 17.3 Å². The van der Waals surface area contributed by atoms with E-state index in [9.17, 15) is 4.79 Å². The van der Waals surface area contributed by atoms with Crippen molar-refractivity contribution in [2.24, 2.45) is 0 Å². The normalized spacial score (nSPS) is 10.1. The quantitative estimate of drug-likeness (QED) is 0.723. The molecule has 0 radical (unpaired) electrons. The molecule has 0 saturated carbocycles. The lowest BCUT2D eigenvalue weighted by atomic mass is 10.2. The van der Waals surface area contributed by atoms with E-state index in [1.165, 1.54) is 6.20 Å². The zero-order chi connectivity index (χ0) is 17.5. The highest BCUT2D eigenvalue weighted by molar-refractivity contribution is 6.04. The number of amides is 1. The van der Waals surface area contributed by atoms with Crippen molar-refractivity contribution in [3.05, 3.63) is 78.4 Å². The predicted molar refractivity (Wildman–Crippen MR) is 96.7 cm³/mol. The highest BCUT2D eigenvalue weighted by Gasteiger charge is 2.08. The molecule has 0 aliphatic carbocycles. The summed E-state index contributed by atoms with van der Waals surface area (Å²) in [6, 6.07) is 14.6. The number of pyridine rings is 2. The predicted octanol–water partition coefficient (Wildman–Crippen LogP) is 3.35. The van der Waals surface area contributed by atoms with Crippen LogP contribution in [0.3, 0.4) is 0 Å². The maximum atomic E-state index is 12.4. The maximum Gasteiger partial charge on any atom is 0.257 e. The Bertz CT molecular complexity index is 836. The van der Waals surface area contributed by atoms with Gasteiger partial charge in [0, 0.05) is 24.3 Å². The third-order valence-corrected chi connectivity index (χ3v) is 3.55. The van der Waals surface area contributed by atoms with E-state index in [0.717, 1.165) is 17.1 Å². The molecule has 2 heterocycles. The second-order valence-electron chi connectivity index (χ2n) is 5.32. The van der Waals surface area contributed by atoms with Gasteiger partial charge in [-0.3, -0.25) is 14.8 Å². The van der Waals surface area contributed by atoms with Crippen molar-refractivity contribution in [1.82, 2.24) is 9.97 Å². The first-order chi connectivity index (χ1) is 12.2. The first kappa shape index (κ1) is 16.4. The monoisotopic (exact) mass is 334 g/mol. The van der Waals surface area contributed by atoms with E-state index < -0.39 is 0 Å². The Morgan fingerprint density at radius 2 is 1.92 bits per heavy atom. The van der Waals surface area contributed by atoms with Crippen LogP contribution in [0.1, 0.15) is 16.1 Å². The maximum absolute atomic E-state index is 12.4. The summed E-state index contributed by atoms with van der Waals surface area (Å²) in [5.41, 5.74) is 2.84. The van der Waals surface area contributed by atoms with Crippen LogP contribution in [0.15, 0.2) is 67.1 Å². The van der Waals surface area contributed by atoms with Gasteiger partial charge in [0.2, 0.25) is 0 Å². The lowest BCUT2D eigenvalue weighted by molar-refractivity contribution is 0.102. The van der Waals surface area contributed by atoms with E-state index >= 15 is 0 Å². The Balaban J connectivity index is 1.64. The number of rotatable bonds is 6. The molecule has 1 amide bonds. The number of nitrogens with one attached hydrogen (secondary N) is 2. The van der Waals surface area contributed by atoms with Crippen molar-refractivity contribution in [2.75, 3.05) is 17.7 Å². The van der Waals surface area contributed by atoms with Gasteiger partial charge in [0.1, 0.15) is 5.75 Å². The molecule has 6 heteroatoms. The molecule has 0 aliphatic heterocycles. The van der Waals surface area contributed by atoms with Gasteiger partial charge in [0.15, 0.2) is 0 Å². The fraction of sp³-hybridized carbons (Fsp3) is 0.105. The number of carbonyl (C=O) groups excluding carboxylic acids is 1. The molecule has 0 saturated heterocycles. The smallest absolute Gasteiger partial charge is 0.257 e. The van der Waals surface area contributed by atoms with Gasteiger partial charge in [-0.15, -0.1) is 0 Å². The Labute approximate surface area is 145 Å². The highest BCUT2D eigenvalue weighted by atomic mass is 16.5. The molecule has 6 nitrogen and oxygen atoms in total. The molecule has 2 N–H and O–H groups in total. The van der Waals surface area contributed by atoms with Gasteiger partial charge in [-0.2, -0.15) is 0 Å². The summed E-state index contributed by atoms with van der Waals surface area (Å²) in [7, 11) is 1.60. The summed E-state index contributed by atoms with van der Waals surface area (Å²) >= 11 is 0. The molecular formula is C19H18N4O2. The first-order valence-corrected chi connectivity index (χ1v) is 7.79. The molecule has 126 valence electrons. The molecule has 0 fully saturated rings. The molecule has 3 aromatic rings. The number of carbonyl (C=O) groups is 1. The molecular weight excluding hydrogens is 316 g/mol. The molecule has 0 unspecified atom stereocenters.